The molecule has 36 heavy (non-hydrogen) atoms. The largest absolute Gasteiger partial charge is 0.493 e. The van der Waals surface area contributed by atoms with Crippen LogP contribution in [0.1, 0.15) is 60.7 Å². The number of carbonyl (C=O) groups excluding carboxylic acids is 1. The average Bonchev–Trinajstić information content (AvgIpc) is 3.15. The van der Waals surface area contributed by atoms with E-state index in [0.29, 0.717) is 35.8 Å². The molecule has 1 aliphatic heterocycles. The summed E-state index contributed by atoms with van der Waals surface area (Å²) < 4.78 is 37.2. The lowest BCUT2D eigenvalue weighted by Crippen LogP contribution is -2.30. The molecule has 0 amide bonds. The van der Waals surface area contributed by atoms with Gasteiger partial charge in [0.25, 0.3) is 0 Å². The lowest BCUT2D eigenvalue weighted by atomic mass is 9.84. The number of ketones is 1. The van der Waals surface area contributed by atoms with Crippen molar-refractivity contribution in [2.75, 3.05) is 41.0 Å². The van der Waals surface area contributed by atoms with Gasteiger partial charge in [0.1, 0.15) is 5.84 Å². The van der Waals surface area contributed by atoms with E-state index in [1.807, 2.05) is 26.8 Å². The van der Waals surface area contributed by atoms with Crippen LogP contribution in [0.25, 0.3) is 0 Å². The Bertz CT molecular complexity index is 1140. The Labute approximate surface area is 212 Å². The van der Waals surface area contributed by atoms with Gasteiger partial charge in [-0.1, -0.05) is 20.8 Å². The van der Waals surface area contributed by atoms with Crippen LogP contribution in [-0.2, 0) is 12.0 Å². The van der Waals surface area contributed by atoms with Crippen molar-refractivity contribution in [3.63, 3.8) is 0 Å². The van der Waals surface area contributed by atoms with E-state index >= 15 is 4.39 Å². The number of carbonyl (C=O) groups is 1. The number of unbranched alkanes of at least 4 members (excludes halogenated alkanes) is 1. The van der Waals surface area contributed by atoms with E-state index < -0.39 is 5.82 Å². The molecule has 0 saturated carbocycles. The molecular formula is C27H36FN3O5. The van der Waals surface area contributed by atoms with E-state index in [2.05, 4.69) is 0 Å². The van der Waals surface area contributed by atoms with Crippen molar-refractivity contribution in [3.8, 4) is 23.0 Å². The molecule has 3 N–H and O–H groups in total. The van der Waals surface area contributed by atoms with Gasteiger partial charge in [0.2, 0.25) is 0 Å². The second-order valence-electron chi connectivity index (χ2n) is 9.74. The number of hydrogen-bond donors (Lipinski definition) is 2. The first kappa shape index (κ1) is 27.3. The van der Waals surface area contributed by atoms with Crippen LogP contribution in [0.4, 0.5) is 4.39 Å². The summed E-state index contributed by atoms with van der Waals surface area (Å²) in [4.78, 5) is 15.0. The third-order valence-corrected chi connectivity index (χ3v) is 6.19. The molecule has 0 spiro atoms. The highest BCUT2D eigenvalue weighted by molar-refractivity contribution is 6.06. The summed E-state index contributed by atoms with van der Waals surface area (Å²) in [5.41, 5.74) is 7.23. The zero-order valence-corrected chi connectivity index (χ0v) is 21.9. The number of methoxy groups -OCH3 is 3. The van der Waals surface area contributed by atoms with Gasteiger partial charge >= 0.3 is 0 Å². The van der Waals surface area contributed by atoms with E-state index in [4.69, 9.17) is 30.1 Å². The normalized spacial score (nSPS) is 13.0. The lowest BCUT2D eigenvalue weighted by molar-refractivity contribution is 0.0962. The molecule has 0 aromatic heterocycles. The first-order chi connectivity index (χ1) is 17.1. The Morgan fingerprint density at radius 2 is 1.75 bits per heavy atom. The summed E-state index contributed by atoms with van der Waals surface area (Å²) >= 11 is 0. The number of Topliss-reactive ketones (excluding diaryl/α,β-unsaturated/α-hetero) is 1. The van der Waals surface area contributed by atoms with E-state index in [9.17, 15) is 4.79 Å². The highest BCUT2D eigenvalue weighted by Gasteiger charge is 2.33. The second-order valence-corrected chi connectivity index (χ2v) is 9.74. The Kier molecular flexibility index (Phi) is 8.45. The highest BCUT2D eigenvalue weighted by Crippen LogP contribution is 2.41. The van der Waals surface area contributed by atoms with Crippen molar-refractivity contribution >= 4 is 11.6 Å². The standard InChI is InChI=1S/C27H36FN3O5/c1-27(2,3)18-11-16(12-21(24(18)34-5)36-10-8-7-9-29)19(32)15-31-14-17-13-20(33-4)25(35-6)23(28)22(17)26(31)30/h11-13,30H,7-10,14-15,29H2,1-6H3. The SMILES string of the molecule is COc1cc2c(c(F)c1OC)C(=N)N(CC(=O)c1cc(OCCCCN)c(OC)c(C(C)(C)C)c1)C2. The maximum Gasteiger partial charge on any atom is 0.197 e. The summed E-state index contributed by atoms with van der Waals surface area (Å²) in [5.74, 6) is 0.317. The minimum atomic E-state index is -0.667. The zero-order chi connectivity index (χ0) is 26.6. The van der Waals surface area contributed by atoms with Crippen molar-refractivity contribution in [1.82, 2.24) is 4.90 Å². The Morgan fingerprint density at radius 3 is 2.33 bits per heavy atom. The molecule has 2 aromatic rings. The molecule has 0 atom stereocenters. The van der Waals surface area contributed by atoms with E-state index in [1.165, 1.54) is 19.1 Å². The topological polar surface area (TPSA) is 107 Å². The first-order valence-corrected chi connectivity index (χ1v) is 11.9. The summed E-state index contributed by atoms with van der Waals surface area (Å²) in [6.07, 6.45) is 1.61. The number of hydrogen-bond acceptors (Lipinski definition) is 7. The van der Waals surface area contributed by atoms with Crippen LogP contribution in [0.5, 0.6) is 23.0 Å². The Hall–Kier alpha value is -3.33. The van der Waals surface area contributed by atoms with Gasteiger partial charge in [-0.05, 0) is 48.6 Å². The number of amidine groups is 1. The van der Waals surface area contributed by atoms with Crippen LogP contribution in [0, 0.1) is 11.2 Å². The predicted molar refractivity (Wildman–Crippen MR) is 137 cm³/mol. The molecule has 8 nitrogen and oxygen atoms in total. The monoisotopic (exact) mass is 501 g/mol. The van der Waals surface area contributed by atoms with Gasteiger partial charge in [-0.25, -0.2) is 4.39 Å². The molecule has 0 unspecified atom stereocenters. The van der Waals surface area contributed by atoms with Gasteiger partial charge in [-0.15, -0.1) is 0 Å². The maximum absolute atomic E-state index is 15.1. The number of nitrogens with zero attached hydrogens (tertiary/aromatic N) is 1. The number of ether oxygens (including phenoxy) is 4. The number of halogens is 1. The fourth-order valence-electron chi connectivity index (χ4n) is 4.29. The third kappa shape index (κ3) is 5.41. The number of benzene rings is 2. The van der Waals surface area contributed by atoms with Crippen molar-refractivity contribution in [2.24, 2.45) is 5.73 Å². The van der Waals surface area contributed by atoms with E-state index in [-0.39, 0.29) is 47.2 Å². The summed E-state index contributed by atoms with van der Waals surface area (Å²) in [7, 11) is 4.36. The van der Waals surface area contributed by atoms with Crippen molar-refractivity contribution in [2.45, 2.75) is 45.6 Å². The van der Waals surface area contributed by atoms with E-state index in [1.54, 1.807) is 19.2 Å². The molecule has 1 aliphatic rings. The van der Waals surface area contributed by atoms with Crippen LogP contribution >= 0.6 is 0 Å². The molecule has 0 fully saturated rings. The van der Waals surface area contributed by atoms with Crippen LogP contribution in [0.3, 0.4) is 0 Å². The molecule has 1 heterocycles. The molecule has 0 radical (unpaired) electrons. The minimum absolute atomic E-state index is 0.0597. The first-order valence-electron chi connectivity index (χ1n) is 11.9. The highest BCUT2D eigenvalue weighted by atomic mass is 19.1. The van der Waals surface area contributed by atoms with Gasteiger partial charge in [0.15, 0.2) is 34.6 Å². The maximum atomic E-state index is 15.1. The smallest absolute Gasteiger partial charge is 0.197 e. The minimum Gasteiger partial charge on any atom is -0.493 e. The molecular weight excluding hydrogens is 465 g/mol. The summed E-state index contributed by atoms with van der Waals surface area (Å²) in [6, 6.07) is 5.14. The Balaban J connectivity index is 1.91. The number of rotatable bonds is 11. The van der Waals surface area contributed by atoms with Gasteiger partial charge in [-0.3, -0.25) is 10.2 Å². The number of nitrogens with one attached hydrogen (secondary N) is 1. The number of fused-ring (bicyclic) bond motifs is 1. The van der Waals surface area contributed by atoms with Crippen molar-refractivity contribution < 1.29 is 28.1 Å². The number of nitrogens with two attached hydrogens (primary N) is 1. The fourth-order valence-corrected chi connectivity index (χ4v) is 4.29. The molecule has 0 saturated heterocycles. The van der Waals surface area contributed by atoms with Gasteiger partial charge in [-0.2, -0.15) is 0 Å². The molecule has 9 heteroatoms. The quantitative estimate of drug-likeness (QED) is 0.349. The van der Waals surface area contributed by atoms with Gasteiger partial charge in [0, 0.05) is 17.7 Å². The average molecular weight is 502 g/mol. The van der Waals surface area contributed by atoms with Gasteiger partial charge in [0.05, 0.1) is 40.0 Å². The molecule has 0 bridgehead atoms. The molecule has 2 aromatic carbocycles. The third-order valence-electron chi connectivity index (χ3n) is 6.19. The lowest BCUT2D eigenvalue weighted by Gasteiger charge is -2.25. The molecule has 196 valence electrons. The van der Waals surface area contributed by atoms with Crippen molar-refractivity contribution in [1.29, 1.82) is 5.41 Å². The van der Waals surface area contributed by atoms with Crippen LogP contribution in [-0.4, -0.2) is 57.5 Å². The van der Waals surface area contributed by atoms with Crippen LogP contribution in [0.2, 0.25) is 0 Å². The zero-order valence-electron chi connectivity index (χ0n) is 21.9. The van der Waals surface area contributed by atoms with E-state index in [0.717, 1.165) is 18.4 Å². The predicted octanol–water partition coefficient (Wildman–Crippen LogP) is 4.29. The summed E-state index contributed by atoms with van der Waals surface area (Å²) in [5, 5.41) is 8.54. The van der Waals surface area contributed by atoms with Crippen molar-refractivity contribution in [3.05, 3.63) is 46.3 Å². The van der Waals surface area contributed by atoms with Gasteiger partial charge < -0.3 is 29.6 Å². The summed E-state index contributed by atoms with van der Waals surface area (Å²) in [6.45, 7) is 7.25. The second kappa shape index (κ2) is 11.2. The molecule has 0 aliphatic carbocycles. The Morgan fingerprint density at radius 1 is 1.06 bits per heavy atom. The van der Waals surface area contributed by atoms with Crippen LogP contribution < -0.4 is 24.7 Å². The molecule has 3 rings (SSSR count). The fraction of sp³-hybridized carbons (Fsp3) is 0.481. The van der Waals surface area contributed by atoms with Crippen LogP contribution in [0.15, 0.2) is 18.2 Å².